The van der Waals surface area contributed by atoms with Crippen molar-refractivity contribution in [3.63, 3.8) is 0 Å². The summed E-state index contributed by atoms with van der Waals surface area (Å²) in [6.07, 6.45) is 4.39. The van der Waals surface area contributed by atoms with E-state index in [-0.39, 0.29) is 18.6 Å². The summed E-state index contributed by atoms with van der Waals surface area (Å²) >= 11 is 6.16. The number of carboxylic acids is 1. The molecule has 1 aliphatic rings. The standard InChI is InChI=1S/C21H25ClN2O3/c22-17-8-11-23-19(15-17)21(16-5-2-1-3-6-16)27-18-9-13-24(14-10-18)12-4-7-20(25)26/h1-3,5-6,8,11,15,18,21H,4,7,9-10,12-14H2,(H,25,26)/t21-/m0/s1. The number of halogens is 1. The van der Waals surface area contributed by atoms with Gasteiger partial charge in [-0.2, -0.15) is 0 Å². The molecule has 1 aromatic carbocycles. The number of rotatable bonds is 8. The molecule has 3 rings (SSSR count). The number of benzene rings is 1. The molecule has 5 nitrogen and oxygen atoms in total. The molecule has 1 N–H and O–H groups in total. The Labute approximate surface area is 164 Å². The minimum absolute atomic E-state index is 0.145. The van der Waals surface area contributed by atoms with Crippen molar-refractivity contribution in [2.75, 3.05) is 19.6 Å². The molecule has 0 amide bonds. The van der Waals surface area contributed by atoms with Gasteiger partial charge >= 0.3 is 5.97 Å². The highest BCUT2D eigenvalue weighted by Crippen LogP contribution is 2.30. The Morgan fingerprint density at radius 1 is 1.26 bits per heavy atom. The minimum atomic E-state index is -0.729. The van der Waals surface area contributed by atoms with Crippen LogP contribution < -0.4 is 0 Å². The van der Waals surface area contributed by atoms with E-state index in [1.165, 1.54) is 0 Å². The maximum absolute atomic E-state index is 10.7. The van der Waals surface area contributed by atoms with Crippen LogP contribution in [0.3, 0.4) is 0 Å². The lowest BCUT2D eigenvalue weighted by atomic mass is 10.0. The first-order valence-corrected chi connectivity index (χ1v) is 9.75. The first-order chi connectivity index (χ1) is 13.1. The lowest BCUT2D eigenvalue weighted by molar-refractivity contribution is -0.137. The second-order valence-corrected chi connectivity index (χ2v) is 7.30. The monoisotopic (exact) mass is 388 g/mol. The average molecular weight is 389 g/mol. The molecule has 0 bridgehead atoms. The summed E-state index contributed by atoms with van der Waals surface area (Å²) < 4.78 is 6.47. The van der Waals surface area contributed by atoms with Crippen LogP contribution in [0.25, 0.3) is 0 Å². The molecule has 0 radical (unpaired) electrons. The van der Waals surface area contributed by atoms with Crippen LogP contribution in [0.15, 0.2) is 48.7 Å². The minimum Gasteiger partial charge on any atom is -0.481 e. The number of aliphatic carboxylic acids is 1. The molecule has 1 atom stereocenters. The predicted octanol–water partition coefficient (Wildman–Crippen LogP) is 4.17. The van der Waals surface area contributed by atoms with Crippen molar-refractivity contribution < 1.29 is 14.6 Å². The van der Waals surface area contributed by atoms with Gasteiger partial charge in [0.25, 0.3) is 0 Å². The first-order valence-electron chi connectivity index (χ1n) is 9.38. The Kier molecular flexibility index (Phi) is 7.21. The topological polar surface area (TPSA) is 62.7 Å². The summed E-state index contributed by atoms with van der Waals surface area (Å²) in [5.41, 5.74) is 1.88. The highest BCUT2D eigenvalue weighted by Gasteiger charge is 2.25. The van der Waals surface area contributed by atoms with Crippen LogP contribution in [-0.2, 0) is 9.53 Å². The number of carbonyl (C=O) groups is 1. The SMILES string of the molecule is O=C(O)CCCN1CCC(O[C@@H](c2ccccc2)c2cc(Cl)ccn2)CC1. The smallest absolute Gasteiger partial charge is 0.303 e. The molecule has 1 saturated heterocycles. The van der Waals surface area contributed by atoms with E-state index >= 15 is 0 Å². The van der Waals surface area contributed by atoms with Crippen molar-refractivity contribution in [1.29, 1.82) is 0 Å². The third kappa shape index (κ3) is 6.03. The number of carboxylic acid groups (broad SMARTS) is 1. The molecule has 0 saturated carbocycles. The number of piperidine rings is 1. The van der Waals surface area contributed by atoms with Crippen molar-refractivity contribution in [3.05, 3.63) is 64.9 Å². The van der Waals surface area contributed by atoms with Gasteiger partial charge in [0.2, 0.25) is 0 Å². The Bertz CT molecular complexity index is 733. The van der Waals surface area contributed by atoms with E-state index in [1.54, 1.807) is 12.3 Å². The number of hydrogen-bond acceptors (Lipinski definition) is 4. The summed E-state index contributed by atoms with van der Waals surface area (Å²) in [5.74, 6) is -0.729. The zero-order valence-corrected chi connectivity index (χ0v) is 16.0. The van der Waals surface area contributed by atoms with Crippen molar-refractivity contribution in [3.8, 4) is 0 Å². The van der Waals surface area contributed by atoms with Crippen LogP contribution in [0.5, 0.6) is 0 Å². The molecule has 144 valence electrons. The maximum Gasteiger partial charge on any atom is 0.303 e. The van der Waals surface area contributed by atoms with Crippen LogP contribution in [0.4, 0.5) is 0 Å². The first kappa shape index (κ1) is 19.8. The van der Waals surface area contributed by atoms with E-state index in [0.29, 0.717) is 11.4 Å². The number of pyridine rings is 1. The quantitative estimate of drug-likeness (QED) is 0.735. The van der Waals surface area contributed by atoms with Crippen molar-refractivity contribution >= 4 is 17.6 Å². The van der Waals surface area contributed by atoms with Crippen LogP contribution in [-0.4, -0.2) is 46.7 Å². The highest BCUT2D eigenvalue weighted by molar-refractivity contribution is 6.30. The van der Waals surface area contributed by atoms with Crippen LogP contribution in [0.2, 0.25) is 5.02 Å². The van der Waals surface area contributed by atoms with Crippen LogP contribution >= 0.6 is 11.6 Å². The summed E-state index contributed by atoms with van der Waals surface area (Å²) in [4.78, 5) is 17.4. The molecule has 6 heteroatoms. The summed E-state index contributed by atoms with van der Waals surface area (Å²) in [6.45, 7) is 2.68. The van der Waals surface area contributed by atoms with Gasteiger partial charge in [-0.05, 0) is 43.5 Å². The van der Waals surface area contributed by atoms with E-state index in [4.69, 9.17) is 21.4 Å². The third-order valence-corrected chi connectivity index (χ3v) is 5.08. The van der Waals surface area contributed by atoms with Gasteiger partial charge in [-0.3, -0.25) is 9.78 Å². The van der Waals surface area contributed by atoms with Gasteiger partial charge in [-0.25, -0.2) is 0 Å². The molecule has 1 aromatic heterocycles. The highest BCUT2D eigenvalue weighted by atomic mass is 35.5. The van der Waals surface area contributed by atoms with E-state index in [1.807, 2.05) is 36.4 Å². The van der Waals surface area contributed by atoms with E-state index in [2.05, 4.69) is 9.88 Å². The fourth-order valence-corrected chi connectivity index (χ4v) is 3.59. The predicted molar refractivity (Wildman–Crippen MR) is 105 cm³/mol. The summed E-state index contributed by atoms with van der Waals surface area (Å²) in [5, 5.41) is 9.42. The molecule has 2 heterocycles. The fourth-order valence-electron chi connectivity index (χ4n) is 3.43. The Morgan fingerprint density at radius 2 is 2.00 bits per heavy atom. The molecule has 27 heavy (non-hydrogen) atoms. The second-order valence-electron chi connectivity index (χ2n) is 6.86. The van der Waals surface area contributed by atoms with Gasteiger partial charge < -0.3 is 14.7 Å². The van der Waals surface area contributed by atoms with Gasteiger partial charge in [0.15, 0.2) is 0 Å². The molecule has 2 aromatic rings. The normalized spacial score (nSPS) is 16.9. The molecular weight excluding hydrogens is 364 g/mol. The zero-order valence-electron chi connectivity index (χ0n) is 15.3. The summed E-state index contributed by atoms with van der Waals surface area (Å²) in [6, 6.07) is 13.7. The number of likely N-dealkylation sites (tertiary alicyclic amines) is 1. The molecule has 0 unspecified atom stereocenters. The van der Waals surface area contributed by atoms with Crippen LogP contribution in [0, 0.1) is 0 Å². The Balaban J connectivity index is 1.61. The largest absolute Gasteiger partial charge is 0.481 e. The molecule has 1 fully saturated rings. The lowest BCUT2D eigenvalue weighted by Gasteiger charge is -2.34. The second kappa shape index (κ2) is 9.83. The molecule has 1 aliphatic heterocycles. The number of nitrogens with zero attached hydrogens (tertiary/aromatic N) is 2. The third-order valence-electron chi connectivity index (χ3n) is 4.84. The van der Waals surface area contributed by atoms with Gasteiger partial charge in [-0.15, -0.1) is 0 Å². The summed E-state index contributed by atoms with van der Waals surface area (Å²) in [7, 11) is 0. The molecular formula is C21H25ClN2O3. The number of ether oxygens (including phenoxy) is 1. The van der Waals surface area contributed by atoms with Gasteiger partial charge in [-0.1, -0.05) is 41.9 Å². The fraction of sp³-hybridized carbons (Fsp3) is 0.429. The van der Waals surface area contributed by atoms with Gasteiger partial charge in [0.1, 0.15) is 6.10 Å². The lowest BCUT2D eigenvalue weighted by Crippen LogP contribution is -2.38. The Morgan fingerprint density at radius 3 is 2.67 bits per heavy atom. The molecule has 0 spiro atoms. The van der Waals surface area contributed by atoms with Gasteiger partial charge in [0, 0.05) is 30.7 Å². The number of hydrogen-bond donors (Lipinski definition) is 1. The van der Waals surface area contributed by atoms with E-state index < -0.39 is 5.97 Å². The van der Waals surface area contributed by atoms with Gasteiger partial charge in [0.05, 0.1) is 11.8 Å². The van der Waals surface area contributed by atoms with Crippen molar-refractivity contribution in [2.45, 2.75) is 37.9 Å². The zero-order chi connectivity index (χ0) is 19.1. The van der Waals surface area contributed by atoms with Crippen molar-refractivity contribution in [2.24, 2.45) is 0 Å². The van der Waals surface area contributed by atoms with E-state index in [9.17, 15) is 4.79 Å². The average Bonchev–Trinajstić information content (AvgIpc) is 2.68. The Hall–Kier alpha value is -1.95. The van der Waals surface area contributed by atoms with Crippen LogP contribution in [0.1, 0.15) is 43.0 Å². The molecule has 0 aliphatic carbocycles. The van der Waals surface area contributed by atoms with E-state index in [0.717, 1.165) is 43.7 Å². The maximum atomic E-state index is 10.7. The van der Waals surface area contributed by atoms with Crippen molar-refractivity contribution in [1.82, 2.24) is 9.88 Å². The number of aromatic nitrogens is 1.